The maximum atomic E-state index is 6.14. The van der Waals surface area contributed by atoms with Gasteiger partial charge in [-0.25, -0.2) is 0 Å². The summed E-state index contributed by atoms with van der Waals surface area (Å²) in [6.45, 7) is 6.18. The van der Waals surface area contributed by atoms with E-state index in [9.17, 15) is 0 Å². The average Bonchev–Trinajstić information content (AvgIpc) is 3.04. The van der Waals surface area contributed by atoms with E-state index in [1.165, 1.54) is 89.9 Å². The fourth-order valence-corrected chi connectivity index (χ4v) is 4.04. The summed E-state index contributed by atoms with van der Waals surface area (Å²) < 4.78 is 12.3. The van der Waals surface area contributed by atoms with Crippen LogP contribution >= 0.6 is 0 Å². The van der Waals surface area contributed by atoms with E-state index in [0.717, 1.165) is 24.7 Å². The molecule has 1 aromatic rings. The van der Waals surface area contributed by atoms with Crippen LogP contribution in [0.3, 0.4) is 0 Å². The first-order valence-electron chi connectivity index (χ1n) is 11.2. The van der Waals surface area contributed by atoms with E-state index in [-0.39, 0.29) is 5.41 Å². The second kappa shape index (κ2) is 12.3. The van der Waals surface area contributed by atoms with Gasteiger partial charge in [-0.3, -0.25) is 0 Å². The quantitative estimate of drug-likeness (QED) is 0.352. The fraction of sp³-hybridized carbons (Fsp3) is 0.826. The smallest absolute Gasteiger partial charge is 0.178 e. The van der Waals surface area contributed by atoms with Crippen LogP contribution in [0.5, 0.6) is 11.5 Å². The highest BCUT2D eigenvalue weighted by molar-refractivity contribution is 5.37. The summed E-state index contributed by atoms with van der Waals surface area (Å²) in [7, 11) is 0. The van der Waals surface area contributed by atoms with Gasteiger partial charge in [-0.05, 0) is 12.8 Å². The van der Waals surface area contributed by atoms with E-state index in [1.54, 1.807) is 0 Å². The van der Waals surface area contributed by atoms with Crippen molar-refractivity contribution in [2.75, 3.05) is 13.2 Å². The molecule has 2 rings (SSSR count). The van der Waals surface area contributed by atoms with Crippen molar-refractivity contribution in [1.82, 2.24) is 4.98 Å². The molecule has 2 heterocycles. The monoisotopic (exact) mass is 363 g/mol. The molecule has 0 saturated carbocycles. The molecule has 26 heavy (non-hydrogen) atoms. The number of hydrogen-bond donors (Lipinski definition) is 1. The van der Waals surface area contributed by atoms with Gasteiger partial charge in [0.2, 0.25) is 0 Å². The zero-order valence-electron chi connectivity index (χ0n) is 17.3. The van der Waals surface area contributed by atoms with E-state index in [2.05, 4.69) is 18.8 Å². The topological polar surface area (TPSA) is 34.2 Å². The van der Waals surface area contributed by atoms with Crippen molar-refractivity contribution in [3.05, 3.63) is 12.4 Å². The van der Waals surface area contributed by atoms with Gasteiger partial charge in [0, 0.05) is 17.8 Å². The minimum Gasteiger partial charge on any atom is -0.487 e. The minimum atomic E-state index is 0.196. The van der Waals surface area contributed by atoms with Crippen molar-refractivity contribution in [3.63, 3.8) is 0 Å². The molecule has 0 aliphatic carbocycles. The van der Waals surface area contributed by atoms with Crippen LogP contribution in [-0.4, -0.2) is 18.2 Å². The first kappa shape index (κ1) is 21.2. The Bertz CT molecular complexity index is 428. The van der Waals surface area contributed by atoms with Crippen LogP contribution < -0.4 is 9.47 Å². The second-order valence-electron chi connectivity index (χ2n) is 8.30. The van der Waals surface area contributed by atoms with E-state index < -0.39 is 0 Å². The summed E-state index contributed by atoms with van der Waals surface area (Å²) in [6, 6.07) is 0. The zero-order valence-corrected chi connectivity index (χ0v) is 17.3. The summed E-state index contributed by atoms with van der Waals surface area (Å²) in [5, 5.41) is 0. The summed E-state index contributed by atoms with van der Waals surface area (Å²) in [4.78, 5) is 3.09. The molecule has 1 aliphatic rings. The predicted molar refractivity (Wildman–Crippen MR) is 110 cm³/mol. The lowest BCUT2D eigenvalue weighted by Gasteiger charge is -2.31. The van der Waals surface area contributed by atoms with Crippen LogP contribution in [0.2, 0.25) is 0 Å². The third-order valence-corrected chi connectivity index (χ3v) is 5.86. The Hall–Kier alpha value is -1.12. The molecule has 0 unspecified atom stereocenters. The Morgan fingerprint density at radius 1 is 0.692 bits per heavy atom. The third-order valence-electron chi connectivity index (χ3n) is 5.86. The first-order valence-corrected chi connectivity index (χ1v) is 11.2. The van der Waals surface area contributed by atoms with Crippen molar-refractivity contribution < 1.29 is 9.47 Å². The SMILES string of the molecule is CCCCCCCCC1(CCCCCCCC)COc2c[nH]cc2OC1. The highest BCUT2D eigenvalue weighted by Gasteiger charge is 2.34. The van der Waals surface area contributed by atoms with Gasteiger partial charge in [-0.2, -0.15) is 0 Å². The maximum Gasteiger partial charge on any atom is 0.178 e. The van der Waals surface area contributed by atoms with Crippen molar-refractivity contribution in [2.45, 2.75) is 104 Å². The second-order valence-corrected chi connectivity index (χ2v) is 8.30. The molecule has 0 atom stereocenters. The molecule has 0 saturated heterocycles. The molecule has 1 aromatic heterocycles. The predicted octanol–water partition coefficient (Wildman–Crippen LogP) is 7.27. The lowest BCUT2D eigenvalue weighted by atomic mass is 9.79. The molecule has 3 nitrogen and oxygen atoms in total. The van der Waals surface area contributed by atoms with Crippen LogP contribution in [0, 0.1) is 5.41 Å². The number of aromatic amines is 1. The van der Waals surface area contributed by atoms with E-state index in [4.69, 9.17) is 9.47 Å². The maximum absolute atomic E-state index is 6.14. The molecule has 150 valence electrons. The van der Waals surface area contributed by atoms with Gasteiger partial charge in [0.05, 0.1) is 13.2 Å². The standard InChI is InChI=1S/C23H41NO2/c1-3-5-7-9-11-13-15-23(16-14-12-10-8-6-4-2)19-25-21-17-24-18-22(21)26-20-23/h17-18,24H,3-16,19-20H2,1-2H3. The Morgan fingerprint density at radius 2 is 1.12 bits per heavy atom. The summed E-state index contributed by atoms with van der Waals surface area (Å²) in [5.74, 6) is 1.77. The van der Waals surface area contributed by atoms with Gasteiger partial charge >= 0.3 is 0 Å². The summed E-state index contributed by atoms with van der Waals surface area (Å²) in [6.07, 6.45) is 22.6. The Kier molecular flexibility index (Phi) is 10.0. The van der Waals surface area contributed by atoms with E-state index in [0.29, 0.717) is 0 Å². The lowest BCUT2D eigenvalue weighted by molar-refractivity contribution is 0.0776. The number of H-pyrrole nitrogens is 1. The average molecular weight is 364 g/mol. The molecule has 0 aromatic carbocycles. The normalized spacial score (nSPS) is 15.8. The molecule has 1 N–H and O–H groups in total. The number of ether oxygens (including phenoxy) is 2. The third kappa shape index (κ3) is 7.25. The molecule has 0 spiro atoms. The van der Waals surface area contributed by atoms with Crippen LogP contribution in [0.1, 0.15) is 104 Å². The van der Waals surface area contributed by atoms with Gasteiger partial charge in [-0.15, -0.1) is 0 Å². The highest BCUT2D eigenvalue weighted by atomic mass is 16.5. The molecule has 0 radical (unpaired) electrons. The number of fused-ring (bicyclic) bond motifs is 1. The number of aromatic nitrogens is 1. The van der Waals surface area contributed by atoms with Crippen LogP contribution in [-0.2, 0) is 0 Å². The lowest BCUT2D eigenvalue weighted by Crippen LogP contribution is -2.33. The van der Waals surface area contributed by atoms with Gasteiger partial charge in [0.15, 0.2) is 11.5 Å². The molecule has 0 amide bonds. The van der Waals surface area contributed by atoms with E-state index in [1.807, 2.05) is 12.4 Å². The van der Waals surface area contributed by atoms with Gasteiger partial charge in [0.25, 0.3) is 0 Å². The van der Waals surface area contributed by atoms with Crippen molar-refractivity contribution >= 4 is 0 Å². The fourth-order valence-electron chi connectivity index (χ4n) is 4.04. The molecule has 0 fully saturated rings. The molecular weight excluding hydrogens is 322 g/mol. The number of nitrogens with one attached hydrogen (secondary N) is 1. The van der Waals surface area contributed by atoms with Crippen LogP contribution in [0.25, 0.3) is 0 Å². The van der Waals surface area contributed by atoms with E-state index >= 15 is 0 Å². The first-order chi connectivity index (χ1) is 12.8. The minimum absolute atomic E-state index is 0.196. The molecule has 1 aliphatic heterocycles. The van der Waals surface area contributed by atoms with Crippen molar-refractivity contribution in [1.29, 1.82) is 0 Å². The number of unbranched alkanes of at least 4 members (excludes halogenated alkanes) is 10. The van der Waals surface area contributed by atoms with Crippen molar-refractivity contribution in [3.8, 4) is 11.5 Å². The summed E-state index contributed by atoms with van der Waals surface area (Å²) >= 11 is 0. The Balaban J connectivity index is 1.79. The number of rotatable bonds is 14. The highest BCUT2D eigenvalue weighted by Crippen LogP contribution is 2.39. The molecule has 0 bridgehead atoms. The molecular formula is C23H41NO2. The number of hydrogen-bond acceptors (Lipinski definition) is 2. The Morgan fingerprint density at radius 3 is 1.58 bits per heavy atom. The van der Waals surface area contributed by atoms with Gasteiger partial charge < -0.3 is 14.5 Å². The molecule has 3 heteroatoms. The zero-order chi connectivity index (χ0) is 18.5. The largest absolute Gasteiger partial charge is 0.487 e. The van der Waals surface area contributed by atoms with Crippen molar-refractivity contribution in [2.24, 2.45) is 5.41 Å². The van der Waals surface area contributed by atoms with Gasteiger partial charge in [0.1, 0.15) is 0 Å². The Labute approximate surface area is 161 Å². The van der Waals surface area contributed by atoms with Crippen LogP contribution in [0.15, 0.2) is 12.4 Å². The van der Waals surface area contributed by atoms with Gasteiger partial charge in [-0.1, -0.05) is 90.9 Å². The van der Waals surface area contributed by atoms with Crippen LogP contribution in [0.4, 0.5) is 0 Å². The summed E-state index contributed by atoms with van der Waals surface area (Å²) in [5.41, 5.74) is 0.196.